The Hall–Kier alpha value is -1.84. The Labute approximate surface area is 99.7 Å². The molecule has 2 aromatic rings. The number of aromatic nitrogens is 2. The molecule has 4 nitrogen and oxygen atoms in total. The third-order valence-corrected chi connectivity index (χ3v) is 2.62. The molecule has 0 atom stereocenters. The van der Waals surface area contributed by atoms with Crippen LogP contribution in [0.25, 0.3) is 10.9 Å². The standard InChI is InChI=1S/C13H16N2O2/c1-8(2)6-11-10-5-4-9(17-3)7-12(10)15-13(16)14-11/h4-5,7-8H,6H2,1-3H3,(H,14,15,16). The molecule has 0 aliphatic rings. The van der Waals surface area contributed by atoms with Crippen molar-refractivity contribution in [2.45, 2.75) is 20.3 Å². The highest BCUT2D eigenvalue weighted by atomic mass is 16.5. The molecule has 1 aromatic heterocycles. The van der Waals surface area contributed by atoms with Crippen molar-refractivity contribution in [3.8, 4) is 5.75 Å². The lowest BCUT2D eigenvalue weighted by Gasteiger charge is -2.09. The third-order valence-electron chi connectivity index (χ3n) is 2.62. The van der Waals surface area contributed by atoms with E-state index in [0.29, 0.717) is 17.2 Å². The fourth-order valence-corrected chi connectivity index (χ4v) is 1.89. The van der Waals surface area contributed by atoms with Gasteiger partial charge in [0.1, 0.15) is 5.75 Å². The van der Waals surface area contributed by atoms with E-state index in [1.54, 1.807) is 13.2 Å². The zero-order valence-corrected chi connectivity index (χ0v) is 10.3. The summed E-state index contributed by atoms with van der Waals surface area (Å²) < 4.78 is 5.13. The molecule has 0 bridgehead atoms. The molecule has 90 valence electrons. The summed E-state index contributed by atoms with van der Waals surface area (Å²) in [6.45, 7) is 4.24. The van der Waals surface area contributed by atoms with Crippen LogP contribution in [0.4, 0.5) is 0 Å². The van der Waals surface area contributed by atoms with E-state index < -0.39 is 0 Å². The molecule has 1 N–H and O–H groups in total. The van der Waals surface area contributed by atoms with Crippen LogP contribution in [0, 0.1) is 5.92 Å². The topological polar surface area (TPSA) is 55.0 Å². The molecular weight excluding hydrogens is 216 g/mol. The van der Waals surface area contributed by atoms with Crippen molar-refractivity contribution in [2.75, 3.05) is 7.11 Å². The molecule has 0 spiro atoms. The van der Waals surface area contributed by atoms with Crippen LogP contribution in [-0.4, -0.2) is 17.1 Å². The van der Waals surface area contributed by atoms with E-state index in [1.165, 1.54) is 0 Å². The van der Waals surface area contributed by atoms with Gasteiger partial charge in [-0.3, -0.25) is 0 Å². The number of aromatic amines is 1. The predicted octanol–water partition coefficient (Wildman–Crippen LogP) is 2.13. The van der Waals surface area contributed by atoms with Crippen molar-refractivity contribution >= 4 is 10.9 Å². The van der Waals surface area contributed by atoms with E-state index in [2.05, 4.69) is 23.8 Å². The minimum absolute atomic E-state index is 0.304. The van der Waals surface area contributed by atoms with Crippen LogP contribution >= 0.6 is 0 Å². The first-order valence-corrected chi connectivity index (χ1v) is 5.67. The van der Waals surface area contributed by atoms with Gasteiger partial charge in [0.2, 0.25) is 0 Å². The molecule has 0 radical (unpaired) electrons. The first kappa shape index (κ1) is 11.6. The highest BCUT2D eigenvalue weighted by Gasteiger charge is 2.07. The number of nitrogens with zero attached hydrogens (tertiary/aromatic N) is 1. The fourth-order valence-electron chi connectivity index (χ4n) is 1.89. The first-order chi connectivity index (χ1) is 8.10. The van der Waals surface area contributed by atoms with Gasteiger partial charge in [0, 0.05) is 17.1 Å². The highest BCUT2D eigenvalue weighted by Crippen LogP contribution is 2.21. The summed E-state index contributed by atoms with van der Waals surface area (Å²) in [6.07, 6.45) is 0.834. The van der Waals surface area contributed by atoms with Crippen LogP contribution in [-0.2, 0) is 6.42 Å². The van der Waals surface area contributed by atoms with Gasteiger partial charge in [-0.2, -0.15) is 4.98 Å². The first-order valence-electron chi connectivity index (χ1n) is 5.67. The number of hydrogen-bond donors (Lipinski definition) is 1. The van der Waals surface area contributed by atoms with Gasteiger partial charge in [-0.1, -0.05) is 13.8 Å². The molecule has 0 saturated heterocycles. The van der Waals surface area contributed by atoms with Gasteiger partial charge >= 0.3 is 5.69 Å². The molecule has 2 rings (SSSR count). The maximum absolute atomic E-state index is 11.5. The van der Waals surface area contributed by atoms with Crippen molar-refractivity contribution < 1.29 is 4.74 Å². The molecule has 1 heterocycles. The van der Waals surface area contributed by atoms with Gasteiger partial charge in [0.05, 0.1) is 12.6 Å². The largest absolute Gasteiger partial charge is 0.497 e. The van der Waals surface area contributed by atoms with Crippen LogP contribution in [0.15, 0.2) is 23.0 Å². The smallest absolute Gasteiger partial charge is 0.345 e. The monoisotopic (exact) mass is 232 g/mol. The Balaban J connectivity index is 2.63. The minimum atomic E-state index is -0.304. The van der Waals surface area contributed by atoms with Gasteiger partial charge in [0.25, 0.3) is 0 Å². The molecule has 0 aliphatic carbocycles. The molecule has 1 aromatic carbocycles. The SMILES string of the molecule is COc1ccc2c(CC(C)C)[nH]c(=O)nc2c1. The predicted molar refractivity (Wildman–Crippen MR) is 67.5 cm³/mol. The summed E-state index contributed by atoms with van der Waals surface area (Å²) in [7, 11) is 1.60. The second kappa shape index (κ2) is 4.57. The highest BCUT2D eigenvalue weighted by molar-refractivity contribution is 5.82. The lowest BCUT2D eigenvalue weighted by molar-refractivity contribution is 0.415. The molecule has 0 fully saturated rings. The van der Waals surface area contributed by atoms with Gasteiger partial charge < -0.3 is 9.72 Å². The van der Waals surface area contributed by atoms with Crippen molar-refractivity contribution in [1.82, 2.24) is 9.97 Å². The van der Waals surface area contributed by atoms with Crippen LogP contribution < -0.4 is 10.4 Å². The number of methoxy groups -OCH3 is 1. The van der Waals surface area contributed by atoms with Gasteiger partial charge in [-0.15, -0.1) is 0 Å². The average Bonchev–Trinajstić information content (AvgIpc) is 2.27. The summed E-state index contributed by atoms with van der Waals surface area (Å²) in [5.41, 5.74) is 1.32. The number of benzene rings is 1. The maximum atomic E-state index is 11.5. The number of hydrogen-bond acceptors (Lipinski definition) is 3. The van der Waals surface area contributed by atoms with E-state index in [1.807, 2.05) is 12.1 Å². The Kier molecular flexibility index (Phi) is 3.13. The summed E-state index contributed by atoms with van der Waals surface area (Å²) in [4.78, 5) is 18.3. The fraction of sp³-hybridized carbons (Fsp3) is 0.385. The molecule has 0 amide bonds. The number of rotatable bonds is 3. The lowest BCUT2D eigenvalue weighted by Crippen LogP contribution is -2.14. The van der Waals surface area contributed by atoms with Crippen molar-refractivity contribution in [2.24, 2.45) is 5.92 Å². The zero-order valence-electron chi connectivity index (χ0n) is 10.3. The summed E-state index contributed by atoms with van der Waals surface area (Å²) in [5, 5.41) is 0.985. The third kappa shape index (κ3) is 2.46. The Morgan fingerprint density at radius 1 is 1.41 bits per heavy atom. The van der Waals surface area contributed by atoms with Crippen LogP contribution in [0.5, 0.6) is 5.75 Å². The Bertz CT molecular complexity index is 587. The zero-order chi connectivity index (χ0) is 12.4. The Morgan fingerprint density at radius 2 is 2.18 bits per heavy atom. The summed E-state index contributed by atoms with van der Waals surface area (Å²) in [6, 6.07) is 5.61. The average molecular weight is 232 g/mol. The maximum Gasteiger partial charge on any atom is 0.345 e. The van der Waals surface area contributed by atoms with Crippen LogP contribution in [0.1, 0.15) is 19.5 Å². The van der Waals surface area contributed by atoms with E-state index >= 15 is 0 Å². The minimum Gasteiger partial charge on any atom is -0.497 e. The van der Waals surface area contributed by atoms with Crippen molar-refractivity contribution in [1.29, 1.82) is 0 Å². The summed E-state index contributed by atoms with van der Waals surface area (Å²) in [5.74, 6) is 1.20. The van der Waals surface area contributed by atoms with Crippen LogP contribution in [0.3, 0.4) is 0 Å². The summed E-state index contributed by atoms with van der Waals surface area (Å²) >= 11 is 0. The number of nitrogens with one attached hydrogen (secondary N) is 1. The van der Waals surface area contributed by atoms with Gasteiger partial charge in [-0.25, -0.2) is 4.79 Å². The number of ether oxygens (including phenoxy) is 1. The lowest BCUT2D eigenvalue weighted by atomic mass is 10.0. The second-order valence-electron chi connectivity index (χ2n) is 4.50. The molecular formula is C13H16N2O2. The van der Waals surface area contributed by atoms with Crippen molar-refractivity contribution in [3.63, 3.8) is 0 Å². The number of fused-ring (bicyclic) bond motifs is 1. The van der Waals surface area contributed by atoms with Crippen molar-refractivity contribution in [3.05, 3.63) is 34.4 Å². The number of H-pyrrole nitrogens is 1. The molecule has 0 unspecified atom stereocenters. The van der Waals surface area contributed by atoms with Gasteiger partial charge in [-0.05, 0) is 24.5 Å². The van der Waals surface area contributed by atoms with E-state index in [-0.39, 0.29) is 5.69 Å². The van der Waals surface area contributed by atoms with E-state index in [4.69, 9.17) is 4.74 Å². The van der Waals surface area contributed by atoms with Crippen LogP contribution in [0.2, 0.25) is 0 Å². The molecule has 0 saturated carbocycles. The van der Waals surface area contributed by atoms with Gasteiger partial charge in [0.15, 0.2) is 0 Å². The normalized spacial score (nSPS) is 11.1. The second-order valence-corrected chi connectivity index (χ2v) is 4.50. The quantitative estimate of drug-likeness (QED) is 0.882. The molecule has 17 heavy (non-hydrogen) atoms. The molecule has 4 heteroatoms. The van der Waals surface area contributed by atoms with E-state index in [9.17, 15) is 4.79 Å². The Morgan fingerprint density at radius 3 is 2.82 bits per heavy atom. The molecule has 0 aliphatic heterocycles. The van der Waals surface area contributed by atoms with E-state index in [0.717, 1.165) is 17.5 Å².